The van der Waals surface area contributed by atoms with E-state index in [-0.39, 0.29) is 18.1 Å². The van der Waals surface area contributed by atoms with Crippen molar-refractivity contribution in [2.75, 3.05) is 25.0 Å². The van der Waals surface area contributed by atoms with Gasteiger partial charge in [-0.3, -0.25) is 9.69 Å². The molecule has 4 nitrogen and oxygen atoms in total. The van der Waals surface area contributed by atoms with Gasteiger partial charge in [0.25, 0.3) is 0 Å². The number of nitrogens with one attached hydrogen (secondary N) is 1. The number of rotatable bonds is 3. The molecule has 1 amide bonds. The van der Waals surface area contributed by atoms with E-state index in [0.717, 1.165) is 22.3 Å². The minimum absolute atomic E-state index is 0.0328. The lowest BCUT2D eigenvalue weighted by molar-refractivity contribution is -0.121. The molecular weight excluding hydrogens is 355 g/mol. The molecule has 0 aliphatic carbocycles. The highest BCUT2D eigenvalue weighted by atomic mass is 127. The first-order valence-corrected chi connectivity index (χ1v) is 7.54. The first-order valence-electron chi connectivity index (χ1n) is 6.47. The summed E-state index contributed by atoms with van der Waals surface area (Å²) in [4.78, 5) is 14.2. The summed E-state index contributed by atoms with van der Waals surface area (Å²) in [5, 5.41) is 2.96. The van der Waals surface area contributed by atoms with Crippen LogP contribution in [0.5, 0.6) is 0 Å². The number of para-hydroxylation sites is 1. The Kier molecular flexibility index (Phi) is 5.18. The van der Waals surface area contributed by atoms with E-state index in [9.17, 15) is 4.79 Å². The van der Waals surface area contributed by atoms with Gasteiger partial charge in [0.1, 0.15) is 0 Å². The Morgan fingerprint density at radius 3 is 2.63 bits per heavy atom. The minimum atomic E-state index is 0.0328. The van der Waals surface area contributed by atoms with E-state index in [1.54, 1.807) is 0 Å². The molecule has 0 spiro atoms. The summed E-state index contributed by atoms with van der Waals surface area (Å²) in [5.74, 6) is 0.0328. The molecule has 0 bridgehead atoms. The molecule has 1 aromatic rings. The molecule has 0 aromatic heterocycles. The third-order valence-corrected chi connectivity index (χ3v) is 3.95. The number of benzene rings is 1. The maximum Gasteiger partial charge on any atom is 0.238 e. The Morgan fingerprint density at radius 2 is 2.00 bits per heavy atom. The molecule has 1 aliphatic rings. The Balaban J connectivity index is 1.89. The number of hydrogen-bond acceptors (Lipinski definition) is 3. The van der Waals surface area contributed by atoms with Crippen LogP contribution in [0.25, 0.3) is 0 Å². The third kappa shape index (κ3) is 4.43. The number of ether oxygens (including phenoxy) is 1. The average Bonchev–Trinajstić information content (AvgIpc) is 2.30. The van der Waals surface area contributed by atoms with Crippen LogP contribution in [0.1, 0.15) is 13.8 Å². The highest BCUT2D eigenvalue weighted by Gasteiger charge is 2.23. The Hall–Kier alpha value is -0.660. The van der Waals surface area contributed by atoms with Crippen molar-refractivity contribution in [1.82, 2.24) is 4.90 Å². The highest BCUT2D eigenvalue weighted by molar-refractivity contribution is 14.1. The lowest BCUT2D eigenvalue weighted by Gasteiger charge is -2.34. The van der Waals surface area contributed by atoms with Gasteiger partial charge in [-0.1, -0.05) is 12.1 Å². The second kappa shape index (κ2) is 6.67. The lowest BCUT2D eigenvalue weighted by atomic mass is 10.2. The van der Waals surface area contributed by atoms with Gasteiger partial charge in [0.05, 0.1) is 24.4 Å². The lowest BCUT2D eigenvalue weighted by Crippen LogP contribution is -2.48. The van der Waals surface area contributed by atoms with Crippen molar-refractivity contribution in [2.24, 2.45) is 0 Å². The molecule has 1 saturated heterocycles. The first kappa shape index (κ1) is 14.7. The normalized spacial score (nSPS) is 24.2. The largest absolute Gasteiger partial charge is 0.373 e. The van der Waals surface area contributed by atoms with Gasteiger partial charge >= 0.3 is 0 Å². The van der Waals surface area contributed by atoms with Crippen LogP contribution in [0.2, 0.25) is 0 Å². The number of halogens is 1. The second-order valence-electron chi connectivity index (χ2n) is 4.98. The van der Waals surface area contributed by atoms with E-state index in [1.165, 1.54) is 0 Å². The molecular formula is C14H19IN2O2. The molecule has 1 fully saturated rings. The van der Waals surface area contributed by atoms with E-state index in [1.807, 2.05) is 38.1 Å². The molecule has 1 aliphatic heterocycles. The maximum absolute atomic E-state index is 12.0. The number of carbonyl (C=O) groups excluding carboxylic acids is 1. The zero-order chi connectivity index (χ0) is 13.8. The van der Waals surface area contributed by atoms with E-state index in [0.29, 0.717) is 6.54 Å². The summed E-state index contributed by atoms with van der Waals surface area (Å²) in [6, 6.07) is 7.79. The molecule has 2 atom stereocenters. The number of morpholine rings is 1. The van der Waals surface area contributed by atoms with Crippen molar-refractivity contribution in [3.8, 4) is 0 Å². The van der Waals surface area contributed by atoms with Crippen LogP contribution < -0.4 is 5.32 Å². The Bertz CT molecular complexity index is 443. The molecule has 19 heavy (non-hydrogen) atoms. The van der Waals surface area contributed by atoms with Crippen LogP contribution in [0, 0.1) is 3.57 Å². The number of hydrogen-bond donors (Lipinski definition) is 1. The minimum Gasteiger partial charge on any atom is -0.373 e. The molecule has 2 rings (SSSR count). The molecule has 0 saturated carbocycles. The summed E-state index contributed by atoms with van der Waals surface area (Å²) in [6.45, 7) is 6.12. The number of amides is 1. The average molecular weight is 374 g/mol. The Labute approximate surface area is 127 Å². The number of nitrogens with zero attached hydrogens (tertiary/aromatic N) is 1. The van der Waals surface area contributed by atoms with Gasteiger partial charge in [-0.05, 0) is 48.6 Å². The maximum atomic E-state index is 12.0. The predicted octanol–water partition coefficient (Wildman–Crippen LogP) is 2.34. The second-order valence-corrected chi connectivity index (χ2v) is 6.14. The summed E-state index contributed by atoms with van der Waals surface area (Å²) in [5.41, 5.74) is 0.877. The van der Waals surface area contributed by atoms with E-state index in [4.69, 9.17) is 4.74 Å². The van der Waals surface area contributed by atoms with Crippen molar-refractivity contribution in [3.05, 3.63) is 27.8 Å². The molecule has 104 valence electrons. The van der Waals surface area contributed by atoms with Crippen LogP contribution in [-0.4, -0.2) is 42.6 Å². The van der Waals surface area contributed by atoms with Crippen LogP contribution in [0.15, 0.2) is 24.3 Å². The fourth-order valence-corrected chi connectivity index (χ4v) is 2.89. The van der Waals surface area contributed by atoms with Crippen molar-refractivity contribution in [1.29, 1.82) is 0 Å². The molecule has 5 heteroatoms. The van der Waals surface area contributed by atoms with Crippen LogP contribution in [0.4, 0.5) is 5.69 Å². The fraction of sp³-hybridized carbons (Fsp3) is 0.500. The highest BCUT2D eigenvalue weighted by Crippen LogP contribution is 2.17. The van der Waals surface area contributed by atoms with Crippen molar-refractivity contribution in [3.63, 3.8) is 0 Å². The number of carbonyl (C=O) groups is 1. The molecule has 1 aromatic carbocycles. The van der Waals surface area contributed by atoms with E-state index >= 15 is 0 Å². The van der Waals surface area contributed by atoms with Gasteiger partial charge in [-0.2, -0.15) is 0 Å². The molecule has 0 radical (unpaired) electrons. The zero-order valence-electron chi connectivity index (χ0n) is 11.2. The summed E-state index contributed by atoms with van der Waals surface area (Å²) in [7, 11) is 0. The van der Waals surface area contributed by atoms with Crippen LogP contribution in [0.3, 0.4) is 0 Å². The van der Waals surface area contributed by atoms with Crippen molar-refractivity contribution < 1.29 is 9.53 Å². The van der Waals surface area contributed by atoms with E-state index in [2.05, 4.69) is 32.8 Å². The van der Waals surface area contributed by atoms with Gasteiger partial charge in [0, 0.05) is 16.7 Å². The summed E-state index contributed by atoms with van der Waals surface area (Å²) in [6.07, 6.45) is 0.377. The van der Waals surface area contributed by atoms with Gasteiger partial charge in [-0.15, -0.1) is 0 Å². The monoisotopic (exact) mass is 374 g/mol. The summed E-state index contributed by atoms with van der Waals surface area (Å²) >= 11 is 2.22. The third-order valence-electron chi connectivity index (χ3n) is 3.01. The first-order chi connectivity index (χ1) is 9.04. The van der Waals surface area contributed by atoms with Crippen LogP contribution in [-0.2, 0) is 9.53 Å². The smallest absolute Gasteiger partial charge is 0.238 e. The quantitative estimate of drug-likeness (QED) is 0.826. The molecule has 1 heterocycles. The van der Waals surface area contributed by atoms with Gasteiger partial charge in [0.2, 0.25) is 5.91 Å². The van der Waals surface area contributed by atoms with Gasteiger partial charge in [-0.25, -0.2) is 0 Å². The standard InChI is InChI=1S/C14H19IN2O2/c1-10-7-17(8-11(2)19-10)9-14(18)16-13-6-4-3-5-12(13)15/h3-6,10-11H,7-9H2,1-2H3,(H,16,18)/t10-,11-/m1/s1. The topological polar surface area (TPSA) is 41.6 Å². The SMILES string of the molecule is C[C@@H]1CN(CC(=O)Nc2ccccc2I)C[C@@H](C)O1. The zero-order valence-corrected chi connectivity index (χ0v) is 13.4. The predicted molar refractivity (Wildman–Crippen MR) is 84.2 cm³/mol. The molecule has 1 N–H and O–H groups in total. The van der Waals surface area contributed by atoms with Gasteiger partial charge in [0.15, 0.2) is 0 Å². The fourth-order valence-electron chi connectivity index (χ4n) is 2.37. The Morgan fingerprint density at radius 1 is 1.37 bits per heavy atom. The van der Waals surface area contributed by atoms with Crippen molar-refractivity contribution >= 4 is 34.2 Å². The molecule has 0 unspecified atom stereocenters. The summed E-state index contributed by atoms with van der Waals surface area (Å²) < 4.78 is 6.71. The van der Waals surface area contributed by atoms with E-state index < -0.39 is 0 Å². The van der Waals surface area contributed by atoms with Gasteiger partial charge < -0.3 is 10.1 Å². The van der Waals surface area contributed by atoms with Crippen molar-refractivity contribution in [2.45, 2.75) is 26.1 Å². The van der Waals surface area contributed by atoms with Crippen LogP contribution >= 0.6 is 22.6 Å². The number of anilines is 1.